The number of rotatable bonds is 9. The van der Waals surface area contributed by atoms with Gasteiger partial charge in [0.1, 0.15) is 0 Å². The van der Waals surface area contributed by atoms with Crippen LogP contribution < -0.4 is 5.32 Å². The van der Waals surface area contributed by atoms with Gasteiger partial charge in [-0.3, -0.25) is 9.59 Å². The number of para-hydroxylation sites is 1. The lowest BCUT2D eigenvalue weighted by molar-refractivity contribution is -0.144. The lowest BCUT2D eigenvalue weighted by Crippen LogP contribution is -2.16. The molecule has 1 N–H and O–H groups in total. The molecule has 0 aromatic heterocycles. The maximum atomic E-state index is 12.1. The molecule has 0 aliphatic rings. The van der Waals surface area contributed by atoms with Crippen LogP contribution in [0.25, 0.3) is 0 Å². The highest BCUT2D eigenvalue weighted by Crippen LogP contribution is 2.21. The first-order valence-corrected chi connectivity index (χ1v) is 9.18. The molecule has 0 unspecified atom stereocenters. The Kier molecular flexibility index (Phi) is 7.87. The van der Waals surface area contributed by atoms with E-state index in [0.29, 0.717) is 6.61 Å². The number of amides is 1. The standard InChI is InChI=1S/C22H27NO3/c1-3-19-13-7-9-17(2)22(19)23-20(24)14-15-21(25)26-16-8-12-18-10-5-4-6-11-18/h4-7,9-11,13H,3,8,12,14-16H2,1-2H3,(H,23,24). The van der Waals surface area contributed by atoms with Crippen LogP contribution in [0.4, 0.5) is 5.69 Å². The highest BCUT2D eigenvalue weighted by molar-refractivity contribution is 5.94. The van der Waals surface area contributed by atoms with Crippen molar-refractivity contribution in [2.24, 2.45) is 0 Å². The quantitative estimate of drug-likeness (QED) is 0.535. The molecule has 4 nitrogen and oxygen atoms in total. The van der Waals surface area contributed by atoms with E-state index in [1.807, 2.05) is 43.3 Å². The molecule has 0 fully saturated rings. The predicted molar refractivity (Wildman–Crippen MR) is 104 cm³/mol. The second kappa shape index (κ2) is 10.4. The molecule has 0 spiro atoms. The van der Waals surface area contributed by atoms with Gasteiger partial charge in [0.05, 0.1) is 13.0 Å². The number of hydrogen-bond donors (Lipinski definition) is 1. The van der Waals surface area contributed by atoms with Crippen molar-refractivity contribution in [3.8, 4) is 0 Å². The molecule has 0 aliphatic carbocycles. The van der Waals surface area contributed by atoms with Crippen molar-refractivity contribution in [1.29, 1.82) is 0 Å². The summed E-state index contributed by atoms with van der Waals surface area (Å²) in [6.45, 7) is 4.40. The van der Waals surface area contributed by atoms with Crippen LogP contribution >= 0.6 is 0 Å². The van der Waals surface area contributed by atoms with Gasteiger partial charge in [0.2, 0.25) is 5.91 Å². The first-order valence-electron chi connectivity index (χ1n) is 9.18. The molecule has 4 heteroatoms. The average molecular weight is 353 g/mol. The van der Waals surface area contributed by atoms with E-state index in [2.05, 4.69) is 24.4 Å². The third-order valence-electron chi connectivity index (χ3n) is 4.28. The first kappa shape index (κ1) is 19.7. The Morgan fingerprint density at radius 2 is 1.77 bits per heavy atom. The zero-order chi connectivity index (χ0) is 18.8. The number of esters is 1. The average Bonchev–Trinajstić information content (AvgIpc) is 2.66. The summed E-state index contributed by atoms with van der Waals surface area (Å²) < 4.78 is 5.21. The second-order valence-electron chi connectivity index (χ2n) is 6.32. The lowest BCUT2D eigenvalue weighted by Gasteiger charge is -2.12. The van der Waals surface area contributed by atoms with Crippen LogP contribution in [0.3, 0.4) is 0 Å². The fourth-order valence-corrected chi connectivity index (χ4v) is 2.80. The van der Waals surface area contributed by atoms with Gasteiger partial charge in [-0.1, -0.05) is 55.5 Å². The van der Waals surface area contributed by atoms with E-state index in [-0.39, 0.29) is 24.7 Å². The highest BCUT2D eigenvalue weighted by Gasteiger charge is 2.11. The minimum atomic E-state index is -0.325. The Morgan fingerprint density at radius 3 is 2.50 bits per heavy atom. The van der Waals surface area contributed by atoms with Crippen molar-refractivity contribution in [3.05, 3.63) is 65.2 Å². The molecule has 138 valence electrons. The van der Waals surface area contributed by atoms with Crippen LogP contribution in [0, 0.1) is 6.92 Å². The number of carbonyl (C=O) groups excluding carboxylic acids is 2. The monoisotopic (exact) mass is 353 g/mol. The highest BCUT2D eigenvalue weighted by atomic mass is 16.5. The maximum absolute atomic E-state index is 12.1. The van der Waals surface area contributed by atoms with Gasteiger partial charge in [0, 0.05) is 12.1 Å². The van der Waals surface area contributed by atoms with Gasteiger partial charge in [0.25, 0.3) is 0 Å². The Bertz CT molecular complexity index is 725. The zero-order valence-corrected chi connectivity index (χ0v) is 15.6. The topological polar surface area (TPSA) is 55.4 Å². The number of anilines is 1. The largest absolute Gasteiger partial charge is 0.466 e. The van der Waals surface area contributed by atoms with Crippen molar-refractivity contribution in [1.82, 2.24) is 0 Å². The third kappa shape index (κ3) is 6.36. The van der Waals surface area contributed by atoms with E-state index in [1.54, 1.807) is 0 Å². The number of hydrogen-bond acceptors (Lipinski definition) is 3. The Morgan fingerprint density at radius 1 is 1.00 bits per heavy atom. The van der Waals surface area contributed by atoms with Crippen LogP contribution in [-0.4, -0.2) is 18.5 Å². The fourth-order valence-electron chi connectivity index (χ4n) is 2.80. The molecule has 2 rings (SSSR count). The number of benzene rings is 2. The lowest BCUT2D eigenvalue weighted by atomic mass is 10.1. The third-order valence-corrected chi connectivity index (χ3v) is 4.28. The Balaban J connectivity index is 1.68. The molecule has 0 heterocycles. The van der Waals surface area contributed by atoms with Gasteiger partial charge in [-0.05, 0) is 42.9 Å². The van der Waals surface area contributed by atoms with Crippen LogP contribution in [0.2, 0.25) is 0 Å². The van der Waals surface area contributed by atoms with Crippen molar-refractivity contribution in [2.45, 2.75) is 46.0 Å². The molecule has 0 radical (unpaired) electrons. The van der Waals surface area contributed by atoms with E-state index < -0.39 is 0 Å². The number of aryl methyl sites for hydroxylation is 3. The second-order valence-corrected chi connectivity index (χ2v) is 6.32. The van der Waals surface area contributed by atoms with E-state index >= 15 is 0 Å². The van der Waals surface area contributed by atoms with Crippen molar-refractivity contribution in [3.63, 3.8) is 0 Å². The summed E-state index contributed by atoms with van der Waals surface area (Å²) in [7, 11) is 0. The summed E-state index contributed by atoms with van der Waals surface area (Å²) in [5, 5.41) is 2.93. The Labute approximate surface area is 155 Å². The summed E-state index contributed by atoms with van der Waals surface area (Å²) in [6, 6.07) is 16.0. The van der Waals surface area contributed by atoms with Gasteiger partial charge < -0.3 is 10.1 Å². The molecule has 0 saturated heterocycles. The Hall–Kier alpha value is -2.62. The van der Waals surface area contributed by atoms with Crippen LogP contribution in [-0.2, 0) is 27.2 Å². The molecular formula is C22H27NO3. The first-order chi connectivity index (χ1) is 12.6. The van der Waals surface area contributed by atoms with E-state index in [4.69, 9.17) is 4.74 Å². The van der Waals surface area contributed by atoms with Crippen LogP contribution in [0.15, 0.2) is 48.5 Å². The van der Waals surface area contributed by atoms with Gasteiger partial charge in [-0.25, -0.2) is 0 Å². The van der Waals surface area contributed by atoms with E-state index in [9.17, 15) is 9.59 Å². The van der Waals surface area contributed by atoms with E-state index in [0.717, 1.165) is 36.1 Å². The number of nitrogens with one attached hydrogen (secondary N) is 1. The molecule has 0 saturated carbocycles. The minimum Gasteiger partial charge on any atom is -0.466 e. The van der Waals surface area contributed by atoms with Gasteiger partial charge in [-0.2, -0.15) is 0 Å². The minimum absolute atomic E-state index is 0.102. The molecule has 1 amide bonds. The summed E-state index contributed by atoms with van der Waals surface area (Å²) in [5.41, 5.74) is 4.21. The fraction of sp³-hybridized carbons (Fsp3) is 0.364. The molecule has 0 bridgehead atoms. The van der Waals surface area contributed by atoms with Crippen molar-refractivity contribution >= 4 is 17.6 Å². The smallest absolute Gasteiger partial charge is 0.306 e. The van der Waals surface area contributed by atoms with Crippen LogP contribution in [0.1, 0.15) is 42.9 Å². The molecule has 2 aromatic rings. The van der Waals surface area contributed by atoms with Crippen LogP contribution in [0.5, 0.6) is 0 Å². The van der Waals surface area contributed by atoms with Crippen molar-refractivity contribution in [2.75, 3.05) is 11.9 Å². The zero-order valence-electron chi connectivity index (χ0n) is 15.6. The number of carbonyl (C=O) groups is 2. The summed E-state index contributed by atoms with van der Waals surface area (Å²) in [6.07, 6.45) is 2.74. The molecule has 0 aliphatic heterocycles. The normalized spacial score (nSPS) is 10.4. The SMILES string of the molecule is CCc1cccc(C)c1NC(=O)CCC(=O)OCCCc1ccccc1. The van der Waals surface area contributed by atoms with Gasteiger partial charge in [0.15, 0.2) is 0 Å². The number of ether oxygens (including phenoxy) is 1. The van der Waals surface area contributed by atoms with E-state index in [1.165, 1.54) is 5.56 Å². The molecule has 0 atom stereocenters. The molecule has 2 aromatic carbocycles. The van der Waals surface area contributed by atoms with Gasteiger partial charge in [-0.15, -0.1) is 0 Å². The molecule has 26 heavy (non-hydrogen) atoms. The van der Waals surface area contributed by atoms with Gasteiger partial charge >= 0.3 is 5.97 Å². The predicted octanol–water partition coefficient (Wildman–Crippen LogP) is 4.45. The molecular weight excluding hydrogens is 326 g/mol. The summed E-state index contributed by atoms with van der Waals surface area (Å²) in [4.78, 5) is 23.9. The maximum Gasteiger partial charge on any atom is 0.306 e. The summed E-state index contributed by atoms with van der Waals surface area (Å²) >= 11 is 0. The summed E-state index contributed by atoms with van der Waals surface area (Å²) in [5.74, 6) is -0.482. The van der Waals surface area contributed by atoms with Crippen molar-refractivity contribution < 1.29 is 14.3 Å².